The van der Waals surface area contributed by atoms with Gasteiger partial charge < -0.3 is 65.2 Å². The molecule has 3 aliphatic heterocycles. The van der Waals surface area contributed by atoms with Gasteiger partial charge in [0.15, 0.2) is 0 Å². The van der Waals surface area contributed by atoms with Crippen molar-refractivity contribution in [3.8, 4) is 0 Å². The van der Waals surface area contributed by atoms with Gasteiger partial charge in [0.1, 0.15) is 47.8 Å². The number of carbonyl (C=O) groups excluding carboxylic acids is 12. The summed E-state index contributed by atoms with van der Waals surface area (Å²) in [6, 6.07) is -8.45. The first-order valence-electron chi connectivity index (χ1n) is 31.7. The number of carbonyl (C=O) groups is 12. The monoisotopic (exact) mass is 1210 g/mol. The van der Waals surface area contributed by atoms with Crippen LogP contribution in [-0.4, -0.2) is 263 Å². The molecule has 6 aliphatic rings. The van der Waals surface area contributed by atoms with E-state index in [1.165, 1.54) is 73.7 Å². The first kappa shape index (κ1) is 68.7. The molecule has 86 heavy (non-hydrogen) atoms. The van der Waals surface area contributed by atoms with Gasteiger partial charge >= 0.3 is 0 Å². The van der Waals surface area contributed by atoms with Gasteiger partial charge in [0.05, 0.1) is 32.7 Å². The molecule has 25 heteroatoms. The molecular weight excluding hydrogens is 1110 g/mol. The molecule has 6 rings (SSSR count). The van der Waals surface area contributed by atoms with Crippen LogP contribution in [0.1, 0.15) is 156 Å². The van der Waals surface area contributed by atoms with Crippen molar-refractivity contribution in [3.63, 3.8) is 0 Å². The molecule has 3 aliphatic carbocycles. The molecule has 3 heterocycles. The van der Waals surface area contributed by atoms with Crippen LogP contribution < -0.4 is 16.0 Å². The maximum atomic E-state index is 15.5. The summed E-state index contributed by atoms with van der Waals surface area (Å²) in [5.41, 5.74) is -1.48. The van der Waals surface area contributed by atoms with Gasteiger partial charge in [-0.1, -0.05) is 71.6 Å². The summed E-state index contributed by atoms with van der Waals surface area (Å²) in [7, 11) is 10.1. The van der Waals surface area contributed by atoms with Gasteiger partial charge in [0, 0.05) is 69.0 Å². The predicted octanol–water partition coefficient (Wildman–Crippen LogP) is 0.694. The third kappa shape index (κ3) is 16.2. The molecule has 482 valence electrons. The van der Waals surface area contributed by atoms with E-state index < -0.39 is 157 Å². The zero-order valence-electron chi connectivity index (χ0n) is 52.9. The minimum atomic E-state index is -1.51. The summed E-state index contributed by atoms with van der Waals surface area (Å²) in [5, 5.41) is 19.0. The van der Waals surface area contributed by atoms with Gasteiger partial charge in [-0.2, -0.15) is 0 Å². The highest BCUT2D eigenvalue weighted by Crippen LogP contribution is 2.37. The molecule has 25 nitrogen and oxygen atoms in total. The number of hydrogen-bond acceptors (Lipinski definition) is 13. The number of hydrogen-bond donors (Lipinski definition) is 4. The van der Waals surface area contributed by atoms with Crippen molar-refractivity contribution in [2.45, 2.75) is 203 Å². The van der Waals surface area contributed by atoms with E-state index in [1.807, 2.05) is 6.92 Å². The fourth-order valence-electron chi connectivity index (χ4n) is 13.8. The van der Waals surface area contributed by atoms with Crippen LogP contribution in [0.2, 0.25) is 0 Å². The summed E-state index contributed by atoms with van der Waals surface area (Å²) in [5.74, 6) is -8.45. The molecule has 0 aromatic rings. The topological polar surface area (TPSA) is 290 Å². The molecule has 0 bridgehead atoms. The average molecular weight is 1210 g/mol. The number of nitrogens with one attached hydrogen (secondary N) is 3. The number of aliphatic hydroxyl groups is 1. The fraction of sp³-hybridized carbons (Fsp3) is 0.803. The SMILES string of the molecule is CC[C@H](C)[C@@H]1NC(=O)[C@H](C)N(C)C(=O)C[C@@H](C(=O)N2CCCCC2)N(C)C(=O)[C@H](C2CCCCC2)N(C)C(=O)C2(CCCC2)NC(=O)[C@@H]2CCCN2C(=O)[C@H](CO)NC(=O)CN(C)C(=O)[C@H](C2CCCCC2)N(C)C(=O)CN(C)C(=O)CN(C)C1=O. The molecule has 0 aromatic carbocycles. The molecule has 3 saturated heterocycles. The number of likely N-dealkylation sites (N-methyl/N-ethyl adjacent to an activating group) is 7. The van der Waals surface area contributed by atoms with Crippen LogP contribution >= 0.6 is 0 Å². The number of likely N-dealkylation sites (tertiary alicyclic amines) is 1. The predicted molar refractivity (Wildman–Crippen MR) is 317 cm³/mol. The molecule has 12 amide bonds. The van der Waals surface area contributed by atoms with E-state index in [4.69, 9.17) is 0 Å². The van der Waals surface area contributed by atoms with Gasteiger partial charge in [-0.05, 0) is 95.3 Å². The van der Waals surface area contributed by atoms with Crippen molar-refractivity contribution in [1.82, 2.24) is 60.0 Å². The Labute approximate surface area is 508 Å². The van der Waals surface area contributed by atoms with E-state index >= 15 is 9.59 Å². The van der Waals surface area contributed by atoms with Crippen LogP contribution in [0.5, 0.6) is 0 Å². The Hall–Kier alpha value is -6.40. The van der Waals surface area contributed by atoms with Crippen molar-refractivity contribution >= 4 is 70.9 Å². The minimum absolute atomic E-state index is 0.104. The summed E-state index contributed by atoms with van der Waals surface area (Å²) >= 11 is 0. The number of aliphatic hydroxyl groups excluding tert-OH is 1. The van der Waals surface area contributed by atoms with E-state index in [0.717, 1.165) is 72.5 Å². The lowest BCUT2D eigenvalue weighted by Crippen LogP contribution is -2.65. The van der Waals surface area contributed by atoms with Crippen molar-refractivity contribution < 1.29 is 62.6 Å². The molecule has 4 N–H and O–H groups in total. The van der Waals surface area contributed by atoms with E-state index in [9.17, 15) is 53.1 Å². The Kier molecular flexibility index (Phi) is 24.8. The van der Waals surface area contributed by atoms with Crippen molar-refractivity contribution in [3.05, 3.63) is 0 Å². The van der Waals surface area contributed by atoms with E-state index in [0.29, 0.717) is 64.5 Å². The Morgan fingerprint density at radius 3 is 1.67 bits per heavy atom. The van der Waals surface area contributed by atoms with Crippen molar-refractivity contribution in [1.29, 1.82) is 0 Å². The molecular formula is C61H100N12O13. The second-order valence-corrected chi connectivity index (χ2v) is 25.6. The summed E-state index contributed by atoms with van der Waals surface area (Å²) in [6.45, 7) is 3.64. The molecule has 6 fully saturated rings. The summed E-state index contributed by atoms with van der Waals surface area (Å²) < 4.78 is 0. The van der Waals surface area contributed by atoms with E-state index in [1.54, 1.807) is 18.9 Å². The normalized spacial score (nSPS) is 29.1. The summed E-state index contributed by atoms with van der Waals surface area (Å²) in [4.78, 5) is 186. The number of rotatable bonds is 6. The molecule has 0 radical (unpaired) electrons. The van der Waals surface area contributed by atoms with Gasteiger partial charge in [-0.15, -0.1) is 0 Å². The highest BCUT2D eigenvalue weighted by atomic mass is 16.3. The van der Waals surface area contributed by atoms with Crippen molar-refractivity contribution in [2.24, 2.45) is 17.8 Å². The molecule has 8 atom stereocenters. The quantitative estimate of drug-likeness (QED) is 0.285. The zero-order valence-corrected chi connectivity index (χ0v) is 52.9. The lowest BCUT2D eigenvalue weighted by atomic mass is 9.81. The third-order valence-corrected chi connectivity index (χ3v) is 19.7. The number of nitrogens with zero attached hydrogens (tertiary/aromatic N) is 9. The van der Waals surface area contributed by atoms with Gasteiger partial charge in [-0.25, -0.2) is 0 Å². The summed E-state index contributed by atoms with van der Waals surface area (Å²) in [6.07, 6.45) is 11.9. The van der Waals surface area contributed by atoms with E-state index in [-0.39, 0.29) is 37.6 Å². The van der Waals surface area contributed by atoms with Gasteiger partial charge in [-0.3, -0.25) is 57.5 Å². The second-order valence-electron chi connectivity index (χ2n) is 25.6. The molecule has 0 aromatic heterocycles. The Morgan fingerprint density at radius 2 is 1.10 bits per heavy atom. The van der Waals surface area contributed by atoms with E-state index in [2.05, 4.69) is 16.0 Å². The molecule has 1 spiro atoms. The zero-order chi connectivity index (χ0) is 63.3. The maximum absolute atomic E-state index is 15.5. The second kappa shape index (κ2) is 31.0. The Morgan fingerprint density at radius 1 is 0.558 bits per heavy atom. The molecule has 3 saturated carbocycles. The number of piperidine rings is 1. The minimum Gasteiger partial charge on any atom is -0.394 e. The van der Waals surface area contributed by atoms with Crippen molar-refractivity contribution in [2.75, 3.05) is 95.2 Å². The van der Waals surface area contributed by atoms with Gasteiger partial charge in [0.25, 0.3) is 0 Å². The fourth-order valence-corrected chi connectivity index (χ4v) is 13.8. The average Bonchev–Trinajstić information content (AvgIpc) is 4.02. The Bertz CT molecular complexity index is 2470. The van der Waals surface area contributed by atoms with Gasteiger partial charge in [0.2, 0.25) is 70.9 Å². The van der Waals surface area contributed by atoms with Crippen LogP contribution in [0.25, 0.3) is 0 Å². The van der Waals surface area contributed by atoms with Crippen LogP contribution in [0.15, 0.2) is 0 Å². The highest BCUT2D eigenvalue weighted by molar-refractivity contribution is 6.00. The number of fused-ring (bicyclic) bond motifs is 1. The lowest BCUT2D eigenvalue weighted by Gasteiger charge is -2.43. The number of amides is 12. The smallest absolute Gasteiger partial charge is 0.248 e. The first-order chi connectivity index (χ1) is 40.8. The standard InChI is InChI=1S/C61H100N12O13/c1-11-39(2)50-57(83)67(6)36-48(77)65(4)37-49(78)70(9)51(41-24-15-12-16-25-41)58(84)66(5)35-46(75)62-43(38-74)55(81)73-33-23-28-44(73)54(80)64-61(29-19-20-30-61)60(86)71(10)52(42-26-17-13-18-27-42)59(85)69(8)45(56(82)72-31-21-14-22-32-72)34-47(76)68(7)40(3)53(79)63-50/h39-45,50-52,74H,11-38H2,1-10H3,(H,62,75)(H,63,79)(H,64,80)/t39-,40-,43-,44-,45-,50-,51-,52-/m0/s1. The third-order valence-electron chi connectivity index (χ3n) is 19.7. The Balaban J connectivity index is 1.36. The van der Waals surface area contributed by atoms with Crippen LogP contribution in [-0.2, 0) is 57.5 Å². The molecule has 0 unspecified atom stereocenters. The largest absolute Gasteiger partial charge is 0.394 e. The lowest BCUT2D eigenvalue weighted by molar-refractivity contribution is -0.157. The van der Waals surface area contributed by atoms with Crippen LogP contribution in [0, 0.1) is 17.8 Å². The van der Waals surface area contributed by atoms with Crippen LogP contribution in [0.3, 0.4) is 0 Å². The maximum Gasteiger partial charge on any atom is 0.248 e. The van der Waals surface area contributed by atoms with Crippen LogP contribution in [0.4, 0.5) is 0 Å². The first-order valence-corrected chi connectivity index (χ1v) is 31.7. The highest BCUT2D eigenvalue weighted by Gasteiger charge is 2.51.